The van der Waals surface area contributed by atoms with Gasteiger partial charge in [-0.15, -0.1) is 0 Å². The first-order chi connectivity index (χ1) is 10.2. The molecule has 0 fully saturated rings. The summed E-state index contributed by atoms with van der Waals surface area (Å²) in [4.78, 5) is 9.12. The maximum Gasteiger partial charge on any atom is 0.161 e. The molecule has 21 heavy (non-hydrogen) atoms. The van der Waals surface area contributed by atoms with E-state index in [2.05, 4.69) is 15.3 Å². The summed E-state index contributed by atoms with van der Waals surface area (Å²) in [6, 6.07) is 4.52. The van der Waals surface area contributed by atoms with Gasteiger partial charge >= 0.3 is 0 Å². The van der Waals surface area contributed by atoms with Gasteiger partial charge in [0.1, 0.15) is 11.6 Å². The lowest BCUT2D eigenvalue weighted by molar-refractivity contribution is 0.109. The Labute approximate surface area is 127 Å². The maximum absolute atomic E-state index is 13.3. The van der Waals surface area contributed by atoms with Gasteiger partial charge in [0.25, 0.3) is 0 Å². The van der Waals surface area contributed by atoms with Crippen LogP contribution in [-0.2, 0) is 17.8 Å². The topological polar surface area (TPSA) is 47.0 Å². The van der Waals surface area contributed by atoms with Gasteiger partial charge in [-0.05, 0) is 25.1 Å². The Morgan fingerprint density at radius 3 is 3.00 bits per heavy atom. The quantitative estimate of drug-likeness (QED) is 0.943. The van der Waals surface area contributed by atoms with Crippen LogP contribution in [0.1, 0.15) is 18.2 Å². The molecule has 110 valence electrons. The zero-order chi connectivity index (χ0) is 14.8. The van der Waals surface area contributed by atoms with Gasteiger partial charge in [0.15, 0.2) is 5.82 Å². The normalized spacial score (nSPS) is 13.9. The first-order valence-electron chi connectivity index (χ1n) is 6.86. The van der Waals surface area contributed by atoms with Crippen LogP contribution >= 0.6 is 11.6 Å². The molecule has 3 rings (SSSR count). The molecular formula is C15H15ClFN3O. The number of hydrogen-bond acceptors (Lipinski definition) is 4. The van der Waals surface area contributed by atoms with Crippen molar-refractivity contribution in [3.05, 3.63) is 40.3 Å². The summed E-state index contributed by atoms with van der Waals surface area (Å²) in [6.07, 6.45) is 0.748. The van der Waals surface area contributed by atoms with E-state index in [4.69, 9.17) is 16.3 Å². The van der Waals surface area contributed by atoms with E-state index in [9.17, 15) is 4.39 Å². The lowest BCUT2D eigenvalue weighted by atomic mass is 10.1. The molecule has 0 bridgehead atoms. The van der Waals surface area contributed by atoms with Crippen LogP contribution < -0.4 is 5.32 Å². The average molecular weight is 308 g/mol. The van der Waals surface area contributed by atoms with E-state index < -0.39 is 5.82 Å². The van der Waals surface area contributed by atoms with Crippen LogP contribution in [0.2, 0.25) is 5.02 Å². The van der Waals surface area contributed by atoms with E-state index in [1.165, 1.54) is 6.07 Å². The van der Waals surface area contributed by atoms with Crippen LogP contribution in [0, 0.1) is 5.82 Å². The van der Waals surface area contributed by atoms with Crippen LogP contribution in [-0.4, -0.2) is 23.1 Å². The molecule has 1 aliphatic rings. The first-order valence-corrected chi connectivity index (χ1v) is 7.23. The lowest BCUT2D eigenvalue weighted by Crippen LogP contribution is -2.17. The average Bonchev–Trinajstić information content (AvgIpc) is 2.50. The van der Waals surface area contributed by atoms with Crippen molar-refractivity contribution in [2.24, 2.45) is 0 Å². The molecule has 1 N–H and O–H groups in total. The number of rotatable bonds is 3. The van der Waals surface area contributed by atoms with Gasteiger partial charge in [-0.2, -0.15) is 0 Å². The summed E-state index contributed by atoms with van der Waals surface area (Å²) in [5, 5.41) is 3.31. The molecule has 0 amide bonds. The smallest absolute Gasteiger partial charge is 0.161 e. The van der Waals surface area contributed by atoms with E-state index in [1.807, 2.05) is 6.92 Å². The monoisotopic (exact) mass is 307 g/mol. The maximum atomic E-state index is 13.3. The number of aromatic nitrogens is 2. The molecule has 0 radical (unpaired) electrons. The van der Waals surface area contributed by atoms with Crippen LogP contribution in [0.5, 0.6) is 0 Å². The van der Waals surface area contributed by atoms with Crippen molar-refractivity contribution in [2.75, 3.05) is 18.5 Å². The second-order valence-corrected chi connectivity index (χ2v) is 5.19. The Balaban J connectivity index is 2.09. The SMILES string of the molecule is CCNc1nc(-c2ccc(F)c(Cl)c2)nc2c1COCC2. The Morgan fingerprint density at radius 1 is 1.38 bits per heavy atom. The molecular weight excluding hydrogens is 293 g/mol. The molecule has 6 heteroatoms. The number of nitrogens with zero attached hydrogens (tertiary/aromatic N) is 2. The number of hydrogen-bond donors (Lipinski definition) is 1. The number of nitrogens with one attached hydrogen (secondary N) is 1. The molecule has 0 spiro atoms. The van der Waals surface area contributed by atoms with E-state index >= 15 is 0 Å². The highest BCUT2D eigenvalue weighted by Crippen LogP contribution is 2.28. The Bertz CT molecular complexity index is 678. The van der Waals surface area contributed by atoms with Crippen LogP contribution in [0.4, 0.5) is 10.2 Å². The van der Waals surface area contributed by atoms with Gasteiger partial charge in [0.2, 0.25) is 0 Å². The molecule has 0 atom stereocenters. The third-order valence-corrected chi connectivity index (χ3v) is 3.63. The third kappa shape index (κ3) is 2.84. The van der Waals surface area contributed by atoms with Gasteiger partial charge in [0, 0.05) is 24.1 Å². The van der Waals surface area contributed by atoms with Crippen molar-refractivity contribution in [1.29, 1.82) is 0 Å². The van der Waals surface area contributed by atoms with Gasteiger partial charge in [-0.25, -0.2) is 14.4 Å². The zero-order valence-corrected chi connectivity index (χ0v) is 12.4. The predicted molar refractivity (Wildman–Crippen MR) is 80.0 cm³/mol. The fourth-order valence-electron chi connectivity index (χ4n) is 2.31. The lowest BCUT2D eigenvalue weighted by Gasteiger charge is -2.20. The summed E-state index contributed by atoms with van der Waals surface area (Å²) in [7, 11) is 0. The highest BCUT2D eigenvalue weighted by Gasteiger charge is 2.19. The Hall–Kier alpha value is -1.72. The molecule has 1 aliphatic heterocycles. The van der Waals surface area contributed by atoms with Gasteiger partial charge in [0.05, 0.1) is 23.9 Å². The summed E-state index contributed by atoms with van der Waals surface area (Å²) < 4.78 is 18.8. The predicted octanol–water partition coefficient (Wildman–Crippen LogP) is 3.44. The Kier molecular flexibility index (Phi) is 4.03. The second kappa shape index (κ2) is 5.95. The minimum atomic E-state index is -0.446. The van der Waals surface area contributed by atoms with E-state index in [-0.39, 0.29) is 5.02 Å². The summed E-state index contributed by atoms with van der Waals surface area (Å²) in [6.45, 7) is 3.93. The Morgan fingerprint density at radius 2 is 2.24 bits per heavy atom. The van der Waals surface area contributed by atoms with Crippen molar-refractivity contribution >= 4 is 17.4 Å². The molecule has 2 aromatic rings. The van der Waals surface area contributed by atoms with Gasteiger partial charge in [-0.1, -0.05) is 11.6 Å². The molecule has 0 saturated carbocycles. The standard InChI is InChI=1S/C15H15ClFN3O/c1-2-18-15-10-8-21-6-5-13(10)19-14(20-15)9-3-4-12(17)11(16)7-9/h3-4,7H,2,5-6,8H2,1H3,(H,18,19,20). The highest BCUT2D eigenvalue weighted by atomic mass is 35.5. The van der Waals surface area contributed by atoms with E-state index in [1.54, 1.807) is 12.1 Å². The van der Waals surface area contributed by atoms with Crippen molar-refractivity contribution in [2.45, 2.75) is 20.0 Å². The number of ether oxygens (including phenoxy) is 1. The molecule has 0 saturated heterocycles. The number of fused-ring (bicyclic) bond motifs is 1. The molecule has 4 nitrogen and oxygen atoms in total. The van der Waals surface area contributed by atoms with Crippen molar-refractivity contribution < 1.29 is 9.13 Å². The van der Waals surface area contributed by atoms with Crippen molar-refractivity contribution in [3.63, 3.8) is 0 Å². The molecule has 0 unspecified atom stereocenters. The minimum absolute atomic E-state index is 0.0714. The fourth-order valence-corrected chi connectivity index (χ4v) is 2.49. The minimum Gasteiger partial charge on any atom is -0.376 e. The molecule has 0 aliphatic carbocycles. The fraction of sp³-hybridized carbons (Fsp3) is 0.333. The largest absolute Gasteiger partial charge is 0.376 e. The zero-order valence-electron chi connectivity index (χ0n) is 11.6. The summed E-state index contributed by atoms with van der Waals surface area (Å²) >= 11 is 5.84. The highest BCUT2D eigenvalue weighted by molar-refractivity contribution is 6.31. The molecule has 1 aromatic carbocycles. The third-order valence-electron chi connectivity index (χ3n) is 3.34. The van der Waals surface area contributed by atoms with Crippen LogP contribution in [0.15, 0.2) is 18.2 Å². The van der Waals surface area contributed by atoms with Crippen molar-refractivity contribution in [1.82, 2.24) is 9.97 Å². The van der Waals surface area contributed by atoms with Crippen molar-refractivity contribution in [3.8, 4) is 11.4 Å². The summed E-state index contributed by atoms with van der Waals surface area (Å²) in [5.41, 5.74) is 2.68. The second-order valence-electron chi connectivity index (χ2n) is 4.78. The van der Waals surface area contributed by atoms with Gasteiger partial charge in [-0.3, -0.25) is 0 Å². The van der Waals surface area contributed by atoms with Crippen LogP contribution in [0.25, 0.3) is 11.4 Å². The van der Waals surface area contributed by atoms with E-state index in [0.717, 1.165) is 30.0 Å². The number of halogens is 2. The van der Waals surface area contributed by atoms with Gasteiger partial charge < -0.3 is 10.1 Å². The van der Waals surface area contributed by atoms with Crippen LogP contribution in [0.3, 0.4) is 0 Å². The number of anilines is 1. The number of benzene rings is 1. The molecule has 1 aromatic heterocycles. The first kappa shape index (κ1) is 14.2. The van der Waals surface area contributed by atoms with E-state index in [0.29, 0.717) is 24.6 Å². The molecule has 2 heterocycles. The summed E-state index contributed by atoms with van der Waals surface area (Å²) in [5.74, 6) is 0.879.